The molecule has 0 fully saturated rings. The second-order valence-electron chi connectivity index (χ2n) is 3.93. The molecule has 0 radical (unpaired) electrons. The normalized spacial score (nSPS) is 9.94. The molecule has 0 bridgehead atoms. The lowest BCUT2D eigenvalue weighted by molar-refractivity contribution is 0.351. The quantitative estimate of drug-likeness (QED) is 0.582. The Bertz CT molecular complexity index is 435. The molecule has 0 N–H and O–H groups in total. The third kappa shape index (κ3) is 2.86. The summed E-state index contributed by atoms with van der Waals surface area (Å²) in [7, 11) is 3.16. The van der Waals surface area contributed by atoms with Crippen molar-refractivity contribution in [3.05, 3.63) is 23.3 Å². The van der Waals surface area contributed by atoms with E-state index in [2.05, 4.69) is 18.8 Å². The molecular formula is C13H17NO3. The van der Waals surface area contributed by atoms with Gasteiger partial charge in [-0.2, -0.15) is 0 Å². The van der Waals surface area contributed by atoms with Gasteiger partial charge in [-0.15, -0.1) is 0 Å². The molecular weight excluding hydrogens is 218 g/mol. The fourth-order valence-corrected chi connectivity index (χ4v) is 1.82. The summed E-state index contributed by atoms with van der Waals surface area (Å²) < 4.78 is 10.6. The SMILES string of the molecule is COc1ccc(C(C)C)c(CN=C=O)c1OC. The molecule has 0 aliphatic heterocycles. The van der Waals surface area contributed by atoms with Crippen molar-refractivity contribution in [1.82, 2.24) is 0 Å². The smallest absolute Gasteiger partial charge is 0.235 e. The van der Waals surface area contributed by atoms with Crippen molar-refractivity contribution in [2.75, 3.05) is 14.2 Å². The lowest BCUT2D eigenvalue weighted by Crippen LogP contribution is -2.01. The van der Waals surface area contributed by atoms with Gasteiger partial charge in [0.2, 0.25) is 6.08 Å². The first-order chi connectivity index (χ1) is 8.15. The number of ether oxygens (including phenoxy) is 2. The third-order valence-corrected chi connectivity index (χ3v) is 2.61. The second-order valence-corrected chi connectivity index (χ2v) is 3.93. The summed E-state index contributed by atoms with van der Waals surface area (Å²) in [5, 5.41) is 0. The highest BCUT2D eigenvalue weighted by atomic mass is 16.5. The van der Waals surface area contributed by atoms with Crippen LogP contribution in [0.25, 0.3) is 0 Å². The maximum atomic E-state index is 10.2. The number of nitrogens with zero attached hydrogens (tertiary/aromatic N) is 1. The minimum absolute atomic E-state index is 0.261. The number of hydrogen-bond acceptors (Lipinski definition) is 4. The minimum atomic E-state index is 0.261. The largest absolute Gasteiger partial charge is 0.493 e. The lowest BCUT2D eigenvalue weighted by Gasteiger charge is -2.17. The highest BCUT2D eigenvalue weighted by Gasteiger charge is 2.16. The van der Waals surface area contributed by atoms with Crippen molar-refractivity contribution in [3.8, 4) is 11.5 Å². The maximum absolute atomic E-state index is 10.2. The van der Waals surface area contributed by atoms with E-state index in [1.165, 1.54) is 0 Å². The van der Waals surface area contributed by atoms with Crippen molar-refractivity contribution in [3.63, 3.8) is 0 Å². The molecule has 0 unspecified atom stereocenters. The van der Waals surface area contributed by atoms with Crippen LogP contribution in [-0.2, 0) is 11.3 Å². The topological polar surface area (TPSA) is 47.9 Å². The fourth-order valence-electron chi connectivity index (χ4n) is 1.82. The molecule has 0 aliphatic rings. The summed E-state index contributed by atoms with van der Waals surface area (Å²) in [5.74, 6) is 1.61. The van der Waals surface area contributed by atoms with Crippen LogP contribution >= 0.6 is 0 Å². The van der Waals surface area contributed by atoms with Crippen LogP contribution in [0.2, 0.25) is 0 Å². The van der Waals surface area contributed by atoms with Gasteiger partial charge in [0.25, 0.3) is 0 Å². The molecule has 0 heterocycles. The van der Waals surface area contributed by atoms with Gasteiger partial charge in [0.1, 0.15) is 0 Å². The van der Waals surface area contributed by atoms with E-state index in [1.54, 1.807) is 20.3 Å². The summed E-state index contributed by atoms with van der Waals surface area (Å²) in [4.78, 5) is 13.9. The van der Waals surface area contributed by atoms with Gasteiger partial charge in [0.15, 0.2) is 11.5 Å². The number of methoxy groups -OCH3 is 2. The molecule has 0 aliphatic carbocycles. The van der Waals surface area contributed by atoms with Crippen LogP contribution in [0.4, 0.5) is 0 Å². The van der Waals surface area contributed by atoms with Gasteiger partial charge in [-0.05, 0) is 17.5 Å². The molecule has 4 nitrogen and oxygen atoms in total. The average molecular weight is 235 g/mol. The van der Waals surface area contributed by atoms with E-state index in [1.807, 2.05) is 12.1 Å². The lowest BCUT2D eigenvalue weighted by atomic mass is 9.96. The Morgan fingerprint density at radius 2 is 2.00 bits per heavy atom. The monoisotopic (exact) mass is 235 g/mol. The Labute approximate surface area is 101 Å². The van der Waals surface area contributed by atoms with Gasteiger partial charge in [0, 0.05) is 5.56 Å². The van der Waals surface area contributed by atoms with Crippen molar-refractivity contribution in [2.24, 2.45) is 4.99 Å². The van der Waals surface area contributed by atoms with Crippen LogP contribution in [0.15, 0.2) is 17.1 Å². The molecule has 0 spiro atoms. The Hall–Kier alpha value is -1.80. The first-order valence-electron chi connectivity index (χ1n) is 5.43. The zero-order valence-corrected chi connectivity index (χ0v) is 10.6. The van der Waals surface area contributed by atoms with E-state index in [9.17, 15) is 4.79 Å². The van der Waals surface area contributed by atoms with E-state index in [0.717, 1.165) is 11.1 Å². The molecule has 0 atom stereocenters. The van der Waals surface area contributed by atoms with Crippen LogP contribution in [0.3, 0.4) is 0 Å². The molecule has 0 saturated carbocycles. The van der Waals surface area contributed by atoms with Crippen molar-refractivity contribution in [2.45, 2.75) is 26.3 Å². The molecule has 4 heteroatoms. The minimum Gasteiger partial charge on any atom is -0.493 e. The van der Waals surface area contributed by atoms with Crippen LogP contribution in [-0.4, -0.2) is 20.3 Å². The predicted octanol–water partition coefficient (Wildman–Crippen LogP) is 2.66. The molecule has 17 heavy (non-hydrogen) atoms. The van der Waals surface area contributed by atoms with E-state index in [4.69, 9.17) is 9.47 Å². The number of rotatable bonds is 5. The van der Waals surface area contributed by atoms with Gasteiger partial charge in [-0.1, -0.05) is 19.9 Å². The first-order valence-corrected chi connectivity index (χ1v) is 5.43. The van der Waals surface area contributed by atoms with E-state index in [0.29, 0.717) is 17.4 Å². The summed E-state index contributed by atoms with van der Waals surface area (Å²) in [6.45, 7) is 4.42. The average Bonchev–Trinajstić information content (AvgIpc) is 2.34. The molecule has 92 valence electrons. The molecule has 0 saturated heterocycles. The third-order valence-electron chi connectivity index (χ3n) is 2.61. The Morgan fingerprint density at radius 3 is 2.47 bits per heavy atom. The molecule has 1 aromatic carbocycles. The van der Waals surface area contributed by atoms with Crippen LogP contribution in [0, 0.1) is 0 Å². The number of aliphatic imine (C=N–C) groups is 1. The van der Waals surface area contributed by atoms with E-state index < -0.39 is 0 Å². The number of benzene rings is 1. The predicted molar refractivity (Wildman–Crippen MR) is 65.5 cm³/mol. The molecule has 0 amide bonds. The Kier molecular flexibility index (Phi) is 4.73. The van der Waals surface area contributed by atoms with Crippen LogP contribution in [0.1, 0.15) is 30.9 Å². The number of hydrogen-bond donors (Lipinski definition) is 0. The fraction of sp³-hybridized carbons (Fsp3) is 0.462. The summed E-state index contributed by atoms with van der Waals surface area (Å²) in [6.07, 6.45) is 1.55. The van der Waals surface area contributed by atoms with Gasteiger partial charge in [-0.3, -0.25) is 0 Å². The van der Waals surface area contributed by atoms with Crippen molar-refractivity contribution >= 4 is 6.08 Å². The van der Waals surface area contributed by atoms with Crippen LogP contribution < -0.4 is 9.47 Å². The van der Waals surface area contributed by atoms with Gasteiger partial charge in [0.05, 0.1) is 20.8 Å². The van der Waals surface area contributed by atoms with Gasteiger partial charge < -0.3 is 9.47 Å². The highest BCUT2D eigenvalue weighted by molar-refractivity contribution is 5.52. The van der Waals surface area contributed by atoms with Gasteiger partial charge in [-0.25, -0.2) is 9.79 Å². The van der Waals surface area contributed by atoms with Crippen molar-refractivity contribution in [1.29, 1.82) is 0 Å². The Morgan fingerprint density at radius 1 is 1.29 bits per heavy atom. The highest BCUT2D eigenvalue weighted by Crippen LogP contribution is 2.36. The Balaban J connectivity index is 3.37. The van der Waals surface area contributed by atoms with Crippen LogP contribution in [0.5, 0.6) is 11.5 Å². The summed E-state index contributed by atoms with van der Waals surface area (Å²) in [5.41, 5.74) is 1.98. The van der Waals surface area contributed by atoms with E-state index in [-0.39, 0.29) is 6.54 Å². The standard InChI is InChI=1S/C13H17NO3/c1-9(2)10-5-6-12(16-3)13(17-4)11(10)7-14-8-15/h5-6,9H,7H2,1-4H3. The zero-order chi connectivity index (χ0) is 12.8. The maximum Gasteiger partial charge on any atom is 0.235 e. The van der Waals surface area contributed by atoms with Gasteiger partial charge >= 0.3 is 0 Å². The van der Waals surface area contributed by atoms with E-state index >= 15 is 0 Å². The van der Waals surface area contributed by atoms with Crippen molar-refractivity contribution < 1.29 is 14.3 Å². The number of isocyanates is 1. The summed E-state index contributed by atoms with van der Waals surface area (Å²) >= 11 is 0. The number of carbonyl (C=O) groups excluding carboxylic acids is 1. The second kappa shape index (κ2) is 6.06. The summed E-state index contributed by atoms with van der Waals surface area (Å²) in [6, 6.07) is 3.84. The molecule has 0 aromatic heterocycles. The molecule has 1 aromatic rings. The zero-order valence-electron chi connectivity index (χ0n) is 10.6. The molecule has 1 rings (SSSR count). The first kappa shape index (κ1) is 13.3.